The van der Waals surface area contributed by atoms with Crippen molar-refractivity contribution in [3.05, 3.63) is 21.9 Å². The summed E-state index contributed by atoms with van der Waals surface area (Å²) in [7, 11) is -3.78. The van der Waals surface area contributed by atoms with E-state index in [1.54, 1.807) is 6.07 Å². The Balaban J connectivity index is 2.52. The van der Waals surface area contributed by atoms with Gasteiger partial charge in [0, 0.05) is 16.2 Å². The highest BCUT2D eigenvalue weighted by Gasteiger charge is 2.27. The normalized spacial score (nSPS) is 12.4. The third kappa shape index (κ3) is 6.38. The van der Waals surface area contributed by atoms with Gasteiger partial charge in [0.25, 0.3) is 0 Å². The predicted octanol–water partition coefficient (Wildman–Crippen LogP) is 2.77. The molecule has 1 heterocycles. The maximum atomic E-state index is 11.9. The lowest BCUT2D eigenvalue weighted by atomic mass is 10.3. The maximum absolute atomic E-state index is 11.9. The molecule has 0 saturated carbocycles. The molecule has 0 amide bonds. The molecular weight excluding hydrogens is 384 g/mol. The summed E-state index contributed by atoms with van der Waals surface area (Å²) in [6, 6.07) is 3.09. The first kappa shape index (κ1) is 15.5. The van der Waals surface area contributed by atoms with Gasteiger partial charge >= 0.3 is 6.18 Å². The second kappa shape index (κ2) is 6.04. The van der Waals surface area contributed by atoms with Gasteiger partial charge in [0.1, 0.15) is 5.82 Å². The van der Waals surface area contributed by atoms with Crippen molar-refractivity contribution in [3.8, 4) is 0 Å². The van der Waals surface area contributed by atoms with E-state index in [4.69, 9.17) is 0 Å². The van der Waals surface area contributed by atoms with Crippen molar-refractivity contribution in [3.63, 3.8) is 0 Å². The van der Waals surface area contributed by atoms with Crippen molar-refractivity contribution in [1.29, 1.82) is 0 Å². The first-order valence-electron chi connectivity index (χ1n) is 4.87. The molecule has 0 radical (unpaired) electrons. The van der Waals surface area contributed by atoms with Crippen molar-refractivity contribution in [2.75, 3.05) is 10.5 Å². The van der Waals surface area contributed by atoms with Crippen LogP contribution < -0.4 is 4.72 Å². The molecule has 102 valence electrons. The Kier molecular flexibility index (Phi) is 5.20. The van der Waals surface area contributed by atoms with Crippen LogP contribution >= 0.6 is 22.6 Å². The lowest BCUT2D eigenvalue weighted by Gasteiger charge is -2.08. The highest BCUT2D eigenvalue weighted by molar-refractivity contribution is 14.1. The number of hydrogen-bond acceptors (Lipinski definition) is 3. The van der Waals surface area contributed by atoms with Gasteiger partial charge in [0.2, 0.25) is 10.0 Å². The number of sulfonamides is 1. The highest BCUT2D eigenvalue weighted by atomic mass is 127. The molecule has 1 rings (SSSR count). The second-order valence-corrected chi connectivity index (χ2v) is 6.59. The van der Waals surface area contributed by atoms with E-state index in [0.29, 0.717) is 0 Å². The number of alkyl halides is 3. The van der Waals surface area contributed by atoms with E-state index >= 15 is 0 Å². The lowest BCUT2D eigenvalue weighted by molar-refractivity contribution is -0.134. The van der Waals surface area contributed by atoms with Gasteiger partial charge in [-0.2, -0.15) is 13.2 Å². The number of pyridine rings is 1. The van der Waals surface area contributed by atoms with Crippen LogP contribution in [0.2, 0.25) is 0 Å². The number of anilines is 1. The fourth-order valence-corrected chi connectivity index (χ4v) is 2.49. The standard InChI is InChI=1S/C9H10F3IN2O2S/c10-9(11,12)4-1-5-18(16,17)15-8-3-2-7(13)6-14-8/h2-3,6H,1,4-5H2,(H,14,15). The average Bonchev–Trinajstić information content (AvgIpc) is 2.18. The van der Waals surface area contributed by atoms with E-state index < -0.39 is 34.8 Å². The topological polar surface area (TPSA) is 59.1 Å². The van der Waals surface area contributed by atoms with Crippen LogP contribution in [0.25, 0.3) is 0 Å². The van der Waals surface area contributed by atoms with E-state index in [9.17, 15) is 21.6 Å². The van der Waals surface area contributed by atoms with Gasteiger partial charge in [-0.3, -0.25) is 4.72 Å². The number of halogens is 4. The zero-order chi connectivity index (χ0) is 13.8. The first-order chi connectivity index (χ1) is 8.18. The van der Waals surface area contributed by atoms with Crippen molar-refractivity contribution >= 4 is 38.4 Å². The van der Waals surface area contributed by atoms with Crippen LogP contribution in [0.1, 0.15) is 12.8 Å². The number of hydrogen-bond donors (Lipinski definition) is 1. The van der Waals surface area contributed by atoms with Gasteiger partial charge in [-0.25, -0.2) is 13.4 Å². The molecule has 9 heteroatoms. The molecular formula is C9H10F3IN2O2S. The van der Waals surface area contributed by atoms with E-state index in [0.717, 1.165) is 3.57 Å². The largest absolute Gasteiger partial charge is 0.389 e. The van der Waals surface area contributed by atoms with Crippen molar-refractivity contribution in [2.45, 2.75) is 19.0 Å². The van der Waals surface area contributed by atoms with Crippen LogP contribution in [0, 0.1) is 3.57 Å². The number of nitrogens with zero attached hydrogens (tertiary/aromatic N) is 1. The summed E-state index contributed by atoms with van der Waals surface area (Å²) in [5.41, 5.74) is 0. The molecule has 0 aliphatic rings. The molecule has 1 aromatic heterocycles. The SMILES string of the molecule is O=S(=O)(CCCC(F)(F)F)Nc1ccc(I)cn1. The Morgan fingerprint density at radius 3 is 2.50 bits per heavy atom. The summed E-state index contributed by atoms with van der Waals surface area (Å²) in [6.07, 6.45) is -4.47. The van der Waals surface area contributed by atoms with Gasteiger partial charge < -0.3 is 0 Å². The summed E-state index contributed by atoms with van der Waals surface area (Å²) >= 11 is 2.00. The van der Waals surface area contributed by atoms with Gasteiger partial charge in [-0.15, -0.1) is 0 Å². The van der Waals surface area contributed by atoms with Gasteiger partial charge in [0.15, 0.2) is 0 Å². The smallest absolute Gasteiger partial charge is 0.267 e. The van der Waals surface area contributed by atoms with E-state index in [2.05, 4.69) is 9.71 Å². The van der Waals surface area contributed by atoms with Crippen molar-refractivity contribution < 1.29 is 21.6 Å². The maximum Gasteiger partial charge on any atom is 0.389 e. The van der Waals surface area contributed by atoms with Crippen LogP contribution in [0.5, 0.6) is 0 Å². The van der Waals surface area contributed by atoms with Crippen LogP contribution in [0.3, 0.4) is 0 Å². The Morgan fingerprint density at radius 1 is 1.33 bits per heavy atom. The van der Waals surface area contributed by atoms with Crippen LogP contribution in [0.15, 0.2) is 18.3 Å². The summed E-state index contributed by atoms with van der Waals surface area (Å²) in [4.78, 5) is 3.80. The summed E-state index contributed by atoms with van der Waals surface area (Å²) < 4.78 is 61.5. The molecule has 4 nitrogen and oxygen atoms in total. The number of nitrogens with one attached hydrogen (secondary N) is 1. The molecule has 0 saturated heterocycles. The minimum atomic E-state index is -4.34. The monoisotopic (exact) mass is 394 g/mol. The molecule has 0 spiro atoms. The molecule has 0 aliphatic carbocycles. The molecule has 0 atom stereocenters. The highest BCUT2D eigenvalue weighted by Crippen LogP contribution is 2.21. The van der Waals surface area contributed by atoms with Gasteiger partial charge in [0.05, 0.1) is 5.75 Å². The quantitative estimate of drug-likeness (QED) is 0.782. The molecule has 0 aromatic carbocycles. The molecule has 0 unspecified atom stereocenters. The fourth-order valence-electron chi connectivity index (χ4n) is 1.11. The minimum Gasteiger partial charge on any atom is -0.267 e. The molecule has 0 bridgehead atoms. The summed E-state index contributed by atoms with van der Waals surface area (Å²) in [5, 5.41) is 0. The molecule has 0 fully saturated rings. The number of aromatic nitrogens is 1. The molecule has 1 N–H and O–H groups in total. The third-order valence-corrected chi connectivity index (χ3v) is 3.85. The average molecular weight is 394 g/mol. The molecule has 18 heavy (non-hydrogen) atoms. The van der Waals surface area contributed by atoms with Crippen LogP contribution in [-0.4, -0.2) is 25.3 Å². The van der Waals surface area contributed by atoms with Crippen LogP contribution in [0.4, 0.5) is 19.0 Å². The van der Waals surface area contributed by atoms with E-state index in [1.165, 1.54) is 12.3 Å². The summed E-state index contributed by atoms with van der Waals surface area (Å²) in [5.74, 6) is -0.484. The Bertz CT molecular complexity index is 488. The van der Waals surface area contributed by atoms with Crippen molar-refractivity contribution in [2.24, 2.45) is 0 Å². The van der Waals surface area contributed by atoms with E-state index in [-0.39, 0.29) is 5.82 Å². The number of rotatable bonds is 5. The lowest BCUT2D eigenvalue weighted by Crippen LogP contribution is -2.19. The predicted molar refractivity (Wildman–Crippen MR) is 69.7 cm³/mol. The molecule has 0 aliphatic heterocycles. The fraction of sp³-hybridized carbons (Fsp3) is 0.444. The van der Waals surface area contributed by atoms with Crippen molar-refractivity contribution in [1.82, 2.24) is 4.98 Å². The first-order valence-corrected chi connectivity index (χ1v) is 7.60. The molecule has 1 aromatic rings. The van der Waals surface area contributed by atoms with Crippen LogP contribution in [-0.2, 0) is 10.0 Å². The zero-order valence-electron chi connectivity index (χ0n) is 9.04. The Labute approximate surface area is 116 Å². The summed E-state index contributed by atoms with van der Waals surface area (Å²) in [6.45, 7) is 0. The Hall–Kier alpha value is -0.580. The van der Waals surface area contributed by atoms with E-state index in [1.807, 2.05) is 22.6 Å². The second-order valence-electron chi connectivity index (χ2n) is 3.50. The zero-order valence-corrected chi connectivity index (χ0v) is 12.0. The van der Waals surface area contributed by atoms with Gasteiger partial charge in [-0.1, -0.05) is 0 Å². The van der Waals surface area contributed by atoms with Gasteiger partial charge in [-0.05, 0) is 41.1 Å². The third-order valence-electron chi connectivity index (χ3n) is 1.86. The minimum absolute atomic E-state index is 0.0995. The Morgan fingerprint density at radius 2 is 2.00 bits per heavy atom.